The van der Waals surface area contributed by atoms with E-state index in [-0.39, 0.29) is 10.5 Å². The second-order valence-corrected chi connectivity index (χ2v) is 6.27. The van der Waals surface area contributed by atoms with E-state index in [0.29, 0.717) is 0 Å². The fourth-order valence-electron chi connectivity index (χ4n) is 2.01. The summed E-state index contributed by atoms with van der Waals surface area (Å²) in [5, 5.41) is 2.16. The highest BCUT2D eigenvalue weighted by Crippen LogP contribution is 2.42. The summed E-state index contributed by atoms with van der Waals surface area (Å²) in [4.78, 5) is 3.21. The number of sulfone groups is 1. The molecule has 19 heavy (non-hydrogen) atoms. The van der Waals surface area contributed by atoms with Crippen molar-refractivity contribution in [2.75, 3.05) is 12.8 Å². The van der Waals surface area contributed by atoms with Crippen LogP contribution in [-0.4, -0.2) is 33.7 Å². The molecule has 1 atom stereocenters. The molecule has 4 nitrogen and oxygen atoms in total. The van der Waals surface area contributed by atoms with Gasteiger partial charge >= 0.3 is 6.18 Å². The molecule has 0 amide bonds. The molecule has 1 aromatic rings. The second kappa shape index (κ2) is 4.22. The van der Waals surface area contributed by atoms with Gasteiger partial charge in [0.15, 0.2) is 15.4 Å². The van der Waals surface area contributed by atoms with Gasteiger partial charge in [0.25, 0.3) is 0 Å². The van der Waals surface area contributed by atoms with Crippen LogP contribution < -0.4 is 5.32 Å². The summed E-state index contributed by atoms with van der Waals surface area (Å²) < 4.78 is 63.3. The zero-order valence-electron chi connectivity index (χ0n) is 9.90. The summed E-state index contributed by atoms with van der Waals surface area (Å²) in [6, 6.07) is 5.08. The smallest absolute Gasteiger partial charge is 0.358 e. The largest absolute Gasteiger partial charge is 0.417 e. The molecule has 8 heteroatoms. The van der Waals surface area contributed by atoms with Gasteiger partial charge in [-0.15, -0.1) is 0 Å². The van der Waals surface area contributed by atoms with E-state index >= 15 is 0 Å². The van der Waals surface area contributed by atoms with Crippen LogP contribution in [-0.2, 0) is 15.4 Å². The SMILES string of the molecule is CS(=O)(=O)c1ccccc1C1(C(F)(F)F)CN=CN1. The predicted molar refractivity (Wildman–Crippen MR) is 63.8 cm³/mol. The van der Waals surface area contributed by atoms with Gasteiger partial charge in [0.05, 0.1) is 17.8 Å². The lowest BCUT2D eigenvalue weighted by molar-refractivity contribution is -0.191. The number of aliphatic imine (C=N–C) groups is 1. The summed E-state index contributed by atoms with van der Waals surface area (Å²) in [6.07, 6.45) is -2.83. The Morgan fingerprint density at radius 3 is 2.42 bits per heavy atom. The lowest BCUT2D eigenvalue weighted by Gasteiger charge is -2.32. The molecule has 104 valence electrons. The molecule has 0 radical (unpaired) electrons. The third-order valence-electron chi connectivity index (χ3n) is 2.96. The fraction of sp³-hybridized carbons (Fsp3) is 0.364. The number of benzene rings is 1. The van der Waals surface area contributed by atoms with E-state index in [1.165, 1.54) is 12.1 Å². The molecule has 0 spiro atoms. The molecule has 0 bridgehead atoms. The number of nitrogens with zero attached hydrogens (tertiary/aromatic N) is 1. The van der Waals surface area contributed by atoms with Gasteiger partial charge in [-0.2, -0.15) is 13.2 Å². The topological polar surface area (TPSA) is 58.5 Å². The van der Waals surface area contributed by atoms with Crippen molar-refractivity contribution in [3.05, 3.63) is 29.8 Å². The number of hydrogen-bond donors (Lipinski definition) is 1. The van der Waals surface area contributed by atoms with Gasteiger partial charge in [-0.05, 0) is 6.07 Å². The zero-order chi connectivity index (χ0) is 14.3. The van der Waals surface area contributed by atoms with Gasteiger partial charge in [-0.1, -0.05) is 18.2 Å². The third-order valence-corrected chi connectivity index (χ3v) is 4.12. The number of alkyl halides is 3. The minimum atomic E-state index is -4.66. The van der Waals surface area contributed by atoms with Crippen LogP contribution in [0.1, 0.15) is 5.56 Å². The molecular formula is C11H11F3N2O2S. The molecule has 0 aliphatic carbocycles. The highest BCUT2D eigenvalue weighted by molar-refractivity contribution is 7.90. The van der Waals surface area contributed by atoms with Crippen LogP contribution in [0.15, 0.2) is 34.2 Å². The first-order chi connectivity index (χ1) is 8.68. The Kier molecular flexibility index (Phi) is 3.08. The van der Waals surface area contributed by atoms with Gasteiger partial charge in [-0.3, -0.25) is 4.99 Å². The van der Waals surface area contributed by atoms with Crippen LogP contribution in [0.3, 0.4) is 0 Å². The highest BCUT2D eigenvalue weighted by atomic mass is 32.2. The van der Waals surface area contributed by atoms with Gasteiger partial charge in [0, 0.05) is 11.8 Å². The summed E-state index contributed by atoms with van der Waals surface area (Å²) in [6.45, 7) is -0.580. The van der Waals surface area contributed by atoms with Crippen molar-refractivity contribution >= 4 is 16.2 Å². The second-order valence-electron chi connectivity index (χ2n) is 4.29. The van der Waals surface area contributed by atoms with Crippen LogP contribution in [0.25, 0.3) is 0 Å². The standard InChI is InChI=1S/C11H11F3N2O2S/c1-19(17,18)9-5-3-2-4-8(9)10(11(12,13)14)6-15-7-16-10/h2-5,7H,6H2,1H3,(H,15,16). The van der Waals surface area contributed by atoms with E-state index in [4.69, 9.17) is 0 Å². The lowest BCUT2D eigenvalue weighted by Crippen LogP contribution is -2.53. The lowest BCUT2D eigenvalue weighted by atomic mass is 9.90. The average Bonchev–Trinajstić information content (AvgIpc) is 2.77. The van der Waals surface area contributed by atoms with Crippen LogP contribution in [0, 0.1) is 0 Å². The molecule has 0 fully saturated rings. The first-order valence-corrected chi connectivity index (χ1v) is 7.20. The van der Waals surface area contributed by atoms with E-state index in [0.717, 1.165) is 24.7 Å². The Hall–Kier alpha value is -1.57. The summed E-state index contributed by atoms with van der Waals surface area (Å²) >= 11 is 0. The van der Waals surface area contributed by atoms with Crippen LogP contribution in [0.4, 0.5) is 13.2 Å². The molecule has 0 aromatic heterocycles. The number of nitrogens with one attached hydrogen (secondary N) is 1. The molecule has 1 heterocycles. The van der Waals surface area contributed by atoms with Gasteiger partial charge in [0.2, 0.25) is 0 Å². The molecule has 0 saturated heterocycles. The molecule has 2 rings (SSSR count). The van der Waals surface area contributed by atoms with E-state index in [1.807, 2.05) is 0 Å². The molecule has 1 aliphatic heterocycles. The summed E-state index contributed by atoms with van der Waals surface area (Å²) in [7, 11) is -3.76. The molecule has 1 N–H and O–H groups in total. The van der Waals surface area contributed by atoms with Gasteiger partial charge in [-0.25, -0.2) is 8.42 Å². The van der Waals surface area contributed by atoms with Crippen molar-refractivity contribution in [3.8, 4) is 0 Å². The molecule has 1 unspecified atom stereocenters. The molecule has 1 aliphatic rings. The third kappa shape index (κ3) is 2.20. The van der Waals surface area contributed by atoms with Crippen molar-refractivity contribution in [2.45, 2.75) is 16.6 Å². The number of rotatable bonds is 2. The normalized spacial score (nSPS) is 23.4. The van der Waals surface area contributed by atoms with Crippen LogP contribution in [0.2, 0.25) is 0 Å². The zero-order valence-corrected chi connectivity index (χ0v) is 10.7. The van der Waals surface area contributed by atoms with E-state index in [9.17, 15) is 21.6 Å². The monoisotopic (exact) mass is 292 g/mol. The van der Waals surface area contributed by atoms with Crippen LogP contribution >= 0.6 is 0 Å². The average molecular weight is 292 g/mol. The van der Waals surface area contributed by atoms with E-state index < -0.39 is 28.1 Å². The van der Waals surface area contributed by atoms with Gasteiger partial charge < -0.3 is 5.32 Å². The predicted octanol–water partition coefficient (Wildman–Crippen LogP) is 1.48. The Balaban J connectivity index is 2.70. The Labute approximate surface area is 108 Å². The fourth-order valence-corrected chi connectivity index (χ4v) is 2.98. The van der Waals surface area contributed by atoms with Crippen molar-refractivity contribution in [1.29, 1.82) is 0 Å². The first kappa shape index (κ1) is 13.9. The van der Waals surface area contributed by atoms with Crippen molar-refractivity contribution in [1.82, 2.24) is 5.32 Å². The quantitative estimate of drug-likeness (QED) is 0.898. The van der Waals surface area contributed by atoms with Gasteiger partial charge in [0.1, 0.15) is 0 Å². The highest BCUT2D eigenvalue weighted by Gasteiger charge is 2.58. The van der Waals surface area contributed by atoms with Crippen molar-refractivity contribution in [2.24, 2.45) is 4.99 Å². The minimum absolute atomic E-state index is 0.331. The minimum Gasteiger partial charge on any atom is -0.358 e. The summed E-state index contributed by atoms with van der Waals surface area (Å²) in [5.41, 5.74) is -2.81. The Morgan fingerprint density at radius 2 is 1.95 bits per heavy atom. The van der Waals surface area contributed by atoms with Crippen molar-refractivity contribution < 1.29 is 21.6 Å². The first-order valence-electron chi connectivity index (χ1n) is 5.31. The maximum absolute atomic E-state index is 13.3. The summed E-state index contributed by atoms with van der Waals surface area (Å²) in [5.74, 6) is 0. The Morgan fingerprint density at radius 1 is 1.32 bits per heavy atom. The van der Waals surface area contributed by atoms with E-state index in [2.05, 4.69) is 10.3 Å². The van der Waals surface area contributed by atoms with E-state index in [1.54, 1.807) is 0 Å². The van der Waals surface area contributed by atoms with Crippen LogP contribution in [0.5, 0.6) is 0 Å². The number of halogens is 3. The molecule has 1 aromatic carbocycles. The number of hydrogen-bond acceptors (Lipinski definition) is 4. The maximum Gasteiger partial charge on any atom is 0.417 e. The maximum atomic E-state index is 13.3. The molecule has 0 saturated carbocycles. The Bertz CT molecular complexity index is 615. The van der Waals surface area contributed by atoms with Crippen molar-refractivity contribution in [3.63, 3.8) is 0 Å². The molecular weight excluding hydrogens is 281 g/mol.